The Balaban J connectivity index is 2.63. The van der Waals surface area contributed by atoms with Crippen LogP contribution in [0.1, 0.15) is 0 Å². The standard InChI is InChI=1S/C10H6N4S/c15-10-13-12-9-6-11-5-7-3-1-2-4-8(7)14(9)10/h1-6H. The van der Waals surface area contributed by atoms with Crippen molar-refractivity contribution in [2.75, 3.05) is 0 Å². The molecular formula is C10H6N4S. The van der Waals surface area contributed by atoms with Crippen LogP contribution in [0.15, 0.2) is 36.7 Å². The average Bonchev–Trinajstić information content (AvgIpc) is 2.52. The Morgan fingerprint density at radius 2 is 1.93 bits per heavy atom. The smallest absolute Gasteiger partial charge is 0.226 e. The predicted molar refractivity (Wildman–Crippen MR) is 58.7 cm³/mol. The number of fused-ring (bicyclic) bond motifs is 3. The molecule has 2 aliphatic heterocycles. The van der Waals surface area contributed by atoms with E-state index in [0.29, 0.717) is 10.6 Å². The molecule has 3 rings (SSSR count). The molecule has 0 saturated carbocycles. The van der Waals surface area contributed by atoms with Crippen molar-refractivity contribution in [1.82, 2.24) is 19.7 Å². The van der Waals surface area contributed by atoms with Gasteiger partial charge in [0.05, 0.1) is 11.7 Å². The number of para-hydroxylation sites is 1. The van der Waals surface area contributed by atoms with E-state index in [2.05, 4.69) is 15.2 Å². The maximum Gasteiger partial charge on any atom is 0.226 e. The molecule has 72 valence electrons. The summed E-state index contributed by atoms with van der Waals surface area (Å²) in [5.41, 5.74) is 0.972. The molecule has 0 N–H and O–H groups in total. The first-order chi connectivity index (χ1) is 7.36. The van der Waals surface area contributed by atoms with Crippen molar-refractivity contribution in [2.24, 2.45) is 0 Å². The molecule has 0 atom stereocenters. The molecule has 0 aliphatic carbocycles. The lowest BCUT2D eigenvalue weighted by atomic mass is 10.2. The topological polar surface area (TPSA) is 43.6 Å². The Morgan fingerprint density at radius 1 is 1.07 bits per heavy atom. The van der Waals surface area contributed by atoms with Crippen molar-refractivity contribution in [3.63, 3.8) is 0 Å². The molecule has 2 aliphatic rings. The minimum absolute atomic E-state index is 0.458. The number of aromatic nitrogens is 4. The van der Waals surface area contributed by atoms with Crippen molar-refractivity contribution < 1.29 is 0 Å². The fourth-order valence-electron chi connectivity index (χ4n) is 1.58. The quantitative estimate of drug-likeness (QED) is 0.537. The van der Waals surface area contributed by atoms with Gasteiger partial charge in [-0.2, -0.15) is 0 Å². The molecule has 0 bridgehead atoms. The summed E-state index contributed by atoms with van der Waals surface area (Å²) in [5.74, 6) is 0.668. The second-order valence-electron chi connectivity index (χ2n) is 3.14. The van der Waals surface area contributed by atoms with E-state index in [1.54, 1.807) is 12.4 Å². The number of nitrogens with zero attached hydrogens (tertiary/aromatic N) is 4. The van der Waals surface area contributed by atoms with E-state index >= 15 is 0 Å². The first-order valence-corrected chi connectivity index (χ1v) is 4.85. The van der Waals surface area contributed by atoms with E-state index in [-0.39, 0.29) is 0 Å². The molecule has 0 saturated heterocycles. The van der Waals surface area contributed by atoms with E-state index < -0.39 is 0 Å². The number of hydrogen-bond donors (Lipinski definition) is 0. The zero-order valence-electron chi connectivity index (χ0n) is 7.66. The number of hydrogen-bond acceptors (Lipinski definition) is 4. The van der Waals surface area contributed by atoms with Gasteiger partial charge in [-0.15, -0.1) is 10.2 Å². The van der Waals surface area contributed by atoms with Crippen LogP contribution in [-0.2, 0) is 0 Å². The van der Waals surface area contributed by atoms with Crippen LogP contribution in [0.3, 0.4) is 0 Å². The van der Waals surface area contributed by atoms with Gasteiger partial charge in [0.25, 0.3) is 0 Å². The normalized spacial score (nSPS) is 10.9. The van der Waals surface area contributed by atoms with Gasteiger partial charge >= 0.3 is 0 Å². The Hall–Kier alpha value is -1.88. The highest BCUT2D eigenvalue weighted by Crippen LogP contribution is 2.16. The molecule has 1 aromatic carbocycles. The molecule has 2 heterocycles. The van der Waals surface area contributed by atoms with E-state index in [1.165, 1.54) is 0 Å². The minimum Gasteiger partial charge on any atom is -0.265 e. The summed E-state index contributed by atoms with van der Waals surface area (Å²) < 4.78 is 2.27. The summed E-state index contributed by atoms with van der Waals surface area (Å²) >= 11 is 5.12. The van der Waals surface area contributed by atoms with Crippen LogP contribution in [0.5, 0.6) is 0 Å². The summed E-state index contributed by atoms with van der Waals surface area (Å²) in [6.45, 7) is 0. The summed E-state index contributed by atoms with van der Waals surface area (Å²) in [6.07, 6.45) is 3.45. The molecule has 0 fully saturated rings. The fraction of sp³-hybridized carbons (Fsp3) is 0. The second kappa shape index (κ2) is 3.06. The zero-order chi connectivity index (χ0) is 10.3. The highest BCUT2D eigenvalue weighted by atomic mass is 32.1. The highest BCUT2D eigenvalue weighted by molar-refractivity contribution is 7.71. The molecule has 0 spiro atoms. The number of rotatable bonds is 0. The molecule has 4 nitrogen and oxygen atoms in total. The van der Waals surface area contributed by atoms with E-state index in [9.17, 15) is 0 Å². The van der Waals surface area contributed by atoms with Gasteiger partial charge in [-0.1, -0.05) is 18.2 Å². The SMILES string of the molecule is S=c1nnc2cncc3ccccc3n1-2. The van der Waals surface area contributed by atoms with Crippen LogP contribution in [0, 0.1) is 4.77 Å². The van der Waals surface area contributed by atoms with E-state index in [4.69, 9.17) is 12.2 Å². The van der Waals surface area contributed by atoms with Gasteiger partial charge in [0.15, 0.2) is 5.82 Å². The first-order valence-electron chi connectivity index (χ1n) is 4.44. The van der Waals surface area contributed by atoms with Gasteiger partial charge < -0.3 is 0 Å². The monoisotopic (exact) mass is 214 g/mol. The highest BCUT2D eigenvalue weighted by Gasteiger charge is 2.07. The Bertz CT molecular complexity index is 661. The Morgan fingerprint density at radius 3 is 2.87 bits per heavy atom. The molecule has 0 aromatic heterocycles. The Kier molecular flexibility index (Phi) is 1.72. The predicted octanol–water partition coefficient (Wildman–Crippen LogP) is 1.98. The largest absolute Gasteiger partial charge is 0.265 e. The van der Waals surface area contributed by atoms with Crippen LogP contribution in [0.25, 0.3) is 16.7 Å². The molecule has 0 amide bonds. The third-order valence-corrected chi connectivity index (χ3v) is 2.50. The molecule has 15 heavy (non-hydrogen) atoms. The van der Waals surface area contributed by atoms with Crippen molar-refractivity contribution >= 4 is 23.1 Å². The van der Waals surface area contributed by atoms with Gasteiger partial charge in [-0.25, -0.2) is 0 Å². The van der Waals surface area contributed by atoms with Crippen LogP contribution in [-0.4, -0.2) is 19.7 Å². The lowest BCUT2D eigenvalue weighted by molar-refractivity contribution is 1.08. The van der Waals surface area contributed by atoms with Crippen molar-refractivity contribution in [3.05, 3.63) is 41.4 Å². The first kappa shape index (κ1) is 8.43. The van der Waals surface area contributed by atoms with Gasteiger partial charge in [-0.3, -0.25) is 9.55 Å². The second-order valence-corrected chi connectivity index (χ2v) is 3.51. The fourth-order valence-corrected chi connectivity index (χ4v) is 1.81. The zero-order valence-corrected chi connectivity index (χ0v) is 8.48. The summed E-state index contributed by atoms with van der Waals surface area (Å²) in [7, 11) is 0. The van der Waals surface area contributed by atoms with Crippen LogP contribution >= 0.6 is 12.2 Å². The third kappa shape index (κ3) is 1.20. The molecule has 0 radical (unpaired) electrons. The van der Waals surface area contributed by atoms with Gasteiger partial charge in [-0.05, 0) is 18.3 Å². The summed E-state index contributed by atoms with van der Waals surface area (Å²) in [4.78, 5) is 4.15. The third-order valence-electron chi connectivity index (χ3n) is 2.24. The van der Waals surface area contributed by atoms with Crippen LogP contribution in [0.4, 0.5) is 0 Å². The lowest BCUT2D eigenvalue weighted by Crippen LogP contribution is -1.91. The molecular weight excluding hydrogens is 208 g/mol. The average molecular weight is 214 g/mol. The molecule has 5 heteroatoms. The van der Waals surface area contributed by atoms with Crippen molar-refractivity contribution in [1.29, 1.82) is 0 Å². The summed E-state index contributed by atoms with van der Waals surface area (Å²) in [6, 6.07) is 7.87. The minimum atomic E-state index is 0.458. The maximum atomic E-state index is 5.12. The van der Waals surface area contributed by atoms with E-state index in [1.807, 2.05) is 28.8 Å². The molecule has 0 unspecified atom stereocenters. The summed E-state index contributed by atoms with van der Waals surface area (Å²) in [5, 5.41) is 8.83. The van der Waals surface area contributed by atoms with Gasteiger partial charge in [0, 0.05) is 11.6 Å². The van der Waals surface area contributed by atoms with Gasteiger partial charge in [0.1, 0.15) is 0 Å². The van der Waals surface area contributed by atoms with Gasteiger partial charge in [0.2, 0.25) is 4.77 Å². The van der Waals surface area contributed by atoms with Crippen molar-refractivity contribution in [3.8, 4) is 5.82 Å². The van der Waals surface area contributed by atoms with E-state index in [0.717, 1.165) is 10.9 Å². The van der Waals surface area contributed by atoms with Crippen LogP contribution in [0.2, 0.25) is 0 Å². The van der Waals surface area contributed by atoms with Crippen molar-refractivity contribution in [2.45, 2.75) is 0 Å². The Labute approximate surface area is 90.6 Å². The van der Waals surface area contributed by atoms with Crippen LogP contribution < -0.4 is 0 Å². The maximum absolute atomic E-state index is 5.12. The lowest BCUT2D eigenvalue weighted by Gasteiger charge is -1.98. The number of benzene rings is 1. The molecule has 1 aromatic rings.